The summed E-state index contributed by atoms with van der Waals surface area (Å²) in [6, 6.07) is 30.6. The number of carbonyl (C=O) groups is 3. The van der Waals surface area contributed by atoms with Gasteiger partial charge >= 0.3 is 0 Å². The molecule has 1 spiro atoms. The molecule has 4 aliphatic heterocycles. The molecule has 0 radical (unpaired) electrons. The summed E-state index contributed by atoms with van der Waals surface area (Å²) in [6.07, 6.45) is -0.542. The van der Waals surface area contributed by atoms with Gasteiger partial charge in [0.15, 0.2) is 13.9 Å². The van der Waals surface area contributed by atoms with Gasteiger partial charge < -0.3 is 24.4 Å². The molecule has 3 amide bonds. The lowest BCUT2D eigenvalue weighted by molar-refractivity contribution is -0.385. The number of carbonyl (C=O) groups excluding carboxylic acids is 3. The van der Waals surface area contributed by atoms with Crippen molar-refractivity contribution in [2.45, 2.75) is 69.2 Å². The number of amides is 3. The van der Waals surface area contributed by atoms with E-state index in [1.165, 1.54) is 12.1 Å². The summed E-state index contributed by atoms with van der Waals surface area (Å²) in [5.74, 6) is -1.52. The number of ether oxygens (including phenoxy) is 1. The number of benzene rings is 5. The quantitative estimate of drug-likeness (QED) is 0.1000. The Morgan fingerprint density at radius 2 is 1.68 bits per heavy atom. The van der Waals surface area contributed by atoms with Gasteiger partial charge in [-0.25, -0.2) is 0 Å². The second-order valence-corrected chi connectivity index (χ2v) is 20.2. The lowest BCUT2D eigenvalue weighted by Gasteiger charge is -2.37. The first kappa shape index (κ1) is 36.9. The molecule has 5 atom stereocenters. The number of fused-ring (bicyclic) bond motifs is 3. The Bertz CT molecular complexity index is 2520. The monoisotopic (exact) mass is 782 g/mol. The Labute approximate surface area is 330 Å². The number of anilines is 3. The van der Waals surface area contributed by atoms with Crippen molar-refractivity contribution in [2.24, 2.45) is 5.92 Å². The van der Waals surface area contributed by atoms with Crippen molar-refractivity contribution >= 4 is 59.6 Å². The predicted molar refractivity (Wildman–Crippen MR) is 216 cm³/mol. The first-order valence-corrected chi connectivity index (χ1v) is 22.3. The number of nitrogens with zero attached hydrogens (tertiary/aromatic N) is 4. The summed E-state index contributed by atoms with van der Waals surface area (Å²) >= 11 is 0. The molecule has 4 aliphatic rings. The van der Waals surface area contributed by atoms with Crippen LogP contribution in [-0.2, 0) is 39.4 Å². The SMILES string of the molecule is C[C@H]1[C@H]([Si](C)(C)O)[C@@H](CC(=O)N2Cc3ccccc3C[C@H]2CO)O[C@]12C(=O)N(Cc1cccc(N3C(=O)c4cccc5cccc3c45)c1)c1ccc([N+](=O)[O-])cc12. The van der Waals surface area contributed by atoms with E-state index in [9.17, 15) is 29.6 Å². The van der Waals surface area contributed by atoms with Crippen LogP contribution >= 0.6 is 0 Å². The Morgan fingerprint density at radius 1 is 0.947 bits per heavy atom. The zero-order valence-corrected chi connectivity index (χ0v) is 32.8. The highest BCUT2D eigenvalue weighted by atomic mass is 28.4. The molecule has 0 aliphatic carbocycles. The molecule has 5 aromatic rings. The van der Waals surface area contributed by atoms with E-state index in [0.717, 1.165) is 27.6 Å². The summed E-state index contributed by atoms with van der Waals surface area (Å²) in [5.41, 5.74) is 3.01. The highest BCUT2D eigenvalue weighted by Crippen LogP contribution is 2.60. The van der Waals surface area contributed by atoms with Crippen molar-refractivity contribution < 1.29 is 33.9 Å². The first-order chi connectivity index (χ1) is 27.3. The summed E-state index contributed by atoms with van der Waals surface area (Å²) in [6.45, 7) is 5.50. The van der Waals surface area contributed by atoms with E-state index in [4.69, 9.17) is 4.74 Å². The molecule has 13 heteroatoms. The van der Waals surface area contributed by atoms with Gasteiger partial charge in [0, 0.05) is 46.8 Å². The lowest BCUT2D eigenvalue weighted by atomic mass is 9.82. The molecule has 4 heterocycles. The van der Waals surface area contributed by atoms with E-state index in [1.54, 1.807) is 33.9 Å². The van der Waals surface area contributed by atoms with Crippen LogP contribution < -0.4 is 9.80 Å². The molecule has 12 nitrogen and oxygen atoms in total. The minimum absolute atomic E-state index is 0.0636. The van der Waals surface area contributed by atoms with Crippen molar-refractivity contribution in [1.29, 1.82) is 0 Å². The van der Waals surface area contributed by atoms with Gasteiger partial charge in [-0.05, 0) is 71.9 Å². The van der Waals surface area contributed by atoms with Gasteiger partial charge in [-0.15, -0.1) is 0 Å². The molecular formula is C44H42N4O8Si. The van der Waals surface area contributed by atoms with Crippen LogP contribution in [0.15, 0.2) is 103 Å². The van der Waals surface area contributed by atoms with Gasteiger partial charge in [0.2, 0.25) is 5.91 Å². The Balaban J connectivity index is 1.07. The standard InChI is InChI=1S/C44H42N4O8Si/c1-26-41(57(2,3)55)38(22-39(50)45-24-30-11-5-4-10-29(30)20-33(45)25-49)56-44(26)35-21-32(48(53)54)17-18-36(35)46(43(44)52)23-27-9-6-14-31(19-27)47-37-16-8-13-28-12-7-15-34(40(28)37)42(47)51/h4-19,21,26,33,38,41,49,55H,20,22-25H2,1-3H3/t26-,33-,38+,41-,44+/m0/s1. The Kier molecular flexibility index (Phi) is 8.70. The number of hydrogen-bond acceptors (Lipinski definition) is 8. The third kappa shape index (κ3) is 5.71. The molecule has 57 heavy (non-hydrogen) atoms. The van der Waals surface area contributed by atoms with E-state index < -0.39 is 48.4 Å². The highest BCUT2D eigenvalue weighted by molar-refractivity contribution is 6.71. The van der Waals surface area contributed by atoms with Crippen LogP contribution in [0.3, 0.4) is 0 Å². The Morgan fingerprint density at radius 3 is 2.42 bits per heavy atom. The molecule has 5 aromatic carbocycles. The van der Waals surface area contributed by atoms with Crippen LogP contribution in [0.5, 0.6) is 0 Å². The smallest absolute Gasteiger partial charge is 0.269 e. The van der Waals surface area contributed by atoms with Crippen LogP contribution in [0.1, 0.15) is 46.0 Å². The largest absolute Gasteiger partial charge is 0.432 e. The second kappa shape index (κ2) is 13.4. The molecular weight excluding hydrogens is 741 g/mol. The van der Waals surface area contributed by atoms with Crippen LogP contribution in [-0.4, -0.2) is 64.5 Å². The summed E-state index contributed by atoms with van der Waals surface area (Å²) in [4.78, 5) is 71.6. The zero-order valence-electron chi connectivity index (χ0n) is 31.8. The lowest BCUT2D eigenvalue weighted by Crippen LogP contribution is -2.48. The fraction of sp³-hybridized carbons (Fsp3) is 0.295. The van der Waals surface area contributed by atoms with Gasteiger partial charge in [-0.1, -0.05) is 67.6 Å². The molecule has 9 rings (SSSR count). The number of aliphatic hydroxyl groups excluding tert-OH is 1. The van der Waals surface area contributed by atoms with Crippen LogP contribution in [0.2, 0.25) is 18.6 Å². The number of nitro groups is 1. The average molecular weight is 783 g/mol. The van der Waals surface area contributed by atoms with E-state index in [2.05, 4.69) is 0 Å². The average Bonchev–Trinajstić information content (AvgIpc) is 3.75. The maximum Gasteiger partial charge on any atom is 0.269 e. The maximum absolute atomic E-state index is 15.2. The highest BCUT2D eigenvalue weighted by Gasteiger charge is 2.67. The third-order valence-electron chi connectivity index (χ3n) is 12.5. The maximum atomic E-state index is 15.2. The van der Waals surface area contributed by atoms with Crippen LogP contribution in [0, 0.1) is 16.0 Å². The molecule has 1 saturated heterocycles. The van der Waals surface area contributed by atoms with E-state index in [1.807, 2.05) is 91.9 Å². The number of nitro benzene ring substituents is 1. The van der Waals surface area contributed by atoms with Gasteiger partial charge in [-0.2, -0.15) is 0 Å². The van der Waals surface area contributed by atoms with Gasteiger partial charge in [0.25, 0.3) is 17.5 Å². The molecule has 1 fully saturated rings. The minimum Gasteiger partial charge on any atom is -0.432 e. The van der Waals surface area contributed by atoms with Crippen molar-refractivity contribution in [3.05, 3.63) is 141 Å². The van der Waals surface area contributed by atoms with Crippen LogP contribution in [0.4, 0.5) is 22.7 Å². The third-order valence-corrected chi connectivity index (χ3v) is 15.0. The van der Waals surface area contributed by atoms with E-state index in [-0.39, 0.29) is 37.1 Å². The van der Waals surface area contributed by atoms with Gasteiger partial charge in [0.05, 0.1) is 53.6 Å². The molecule has 0 aromatic heterocycles. The predicted octanol–water partition coefficient (Wildman–Crippen LogP) is 6.72. The molecule has 0 unspecified atom stereocenters. The van der Waals surface area contributed by atoms with Crippen molar-refractivity contribution in [2.75, 3.05) is 16.4 Å². The molecule has 0 saturated carbocycles. The van der Waals surface area contributed by atoms with E-state index >= 15 is 4.79 Å². The molecule has 0 bridgehead atoms. The fourth-order valence-electron chi connectivity index (χ4n) is 10.0. The number of aliphatic hydroxyl groups is 1. The molecule has 2 N–H and O–H groups in total. The normalized spacial score (nSPS) is 23.8. The van der Waals surface area contributed by atoms with Gasteiger partial charge in [-0.3, -0.25) is 29.4 Å². The molecule has 290 valence electrons. The van der Waals surface area contributed by atoms with Crippen molar-refractivity contribution in [1.82, 2.24) is 4.90 Å². The Hall–Kier alpha value is -5.73. The number of hydrogen-bond donors (Lipinski definition) is 2. The summed E-state index contributed by atoms with van der Waals surface area (Å²) < 4.78 is 6.89. The number of rotatable bonds is 8. The summed E-state index contributed by atoms with van der Waals surface area (Å²) in [5, 5.41) is 24.3. The summed E-state index contributed by atoms with van der Waals surface area (Å²) in [7, 11) is -3.19. The topological polar surface area (TPSA) is 154 Å². The fourth-order valence-corrected chi connectivity index (χ4v) is 12.6. The first-order valence-electron chi connectivity index (χ1n) is 19.2. The van der Waals surface area contributed by atoms with Gasteiger partial charge in [0.1, 0.15) is 0 Å². The van der Waals surface area contributed by atoms with Crippen molar-refractivity contribution in [3.8, 4) is 0 Å². The van der Waals surface area contributed by atoms with Crippen molar-refractivity contribution in [3.63, 3.8) is 0 Å². The second-order valence-electron chi connectivity index (χ2n) is 16.2. The van der Waals surface area contributed by atoms with E-state index in [0.29, 0.717) is 41.0 Å². The zero-order chi connectivity index (χ0) is 40.0. The van der Waals surface area contributed by atoms with Crippen LogP contribution in [0.25, 0.3) is 10.8 Å². The minimum atomic E-state index is -3.19. The number of non-ortho nitro benzene ring substituents is 1.